The highest BCUT2D eigenvalue weighted by atomic mass is 16.5. The summed E-state index contributed by atoms with van der Waals surface area (Å²) in [7, 11) is 1.74. The molecule has 3 aromatic rings. The number of pyridine rings is 1. The van der Waals surface area contributed by atoms with Gasteiger partial charge in [-0.25, -0.2) is 4.98 Å². The number of hydrogen-bond donors (Lipinski definition) is 1. The number of carbonyl (C=O) groups excluding carboxylic acids is 2. The number of amides is 2. The second kappa shape index (κ2) is 12.6. The highest BCUT2D eigenvalue weighted by Crippen LogP contribution is 2.58. The zero-order chi connectivity index (χ0) is 31.8. The molecule has 7 rings (SSSR count). The van der Waals surface area contributed by atoms with Crippen LogP contribution in [0.15, 0.2) is 48.9 Å². The topological polar surface area (TPSA) is 89.3 Å². The first-order valence-electron chi connectivity index (χ1n) is 16.8. The van der Waals surface area contributed by atoms with Crippen LogP contribution in [-0.4, -0.2) is 46.3 Å². The van der Waals surface area contributed by atoms with Crippen LogP contribution < -0.4 is 15.0 Å². The SMILES string of the molecule is COc1ccc(C23CCC(CN(c4cc(-c5cnn(C(C)C)c5)ccn4)C(=O)[C@H]4CC[C@H](NC(C)=O)CC4)(CC2)CC3)cc1C. The fourth-order valence-corrected chi connectivity index (χ4v) is 8.26. The second-order valence-electron chi connectivity index (χ2n) is 14.3. The predicted octanol–water partition coefficient (Wildman–Crippen LogP) is 7.16. The van der Waals surface area contributed by atoms with Gasteiger partial charge in [0.15, 0.2) is 0 Å². The van der Waals surface area contributed by atoms with Gasteiger partial charge in [-0.05, 0) is 131 Å². The van der Waals surface area contributed by atoms with E-state index in [1.54, 1.807) is 14.0 Å². The number of fused-ring (bicyclic) bond motifs is 3. The van der Waals surface area contributed by atoms with Crippen molar-refractivity contribution in [3.8, 4) is 16.9 Å². The van der Waals surface area contributed by atoms with E-state index in [1.807, 2.05) is 28.0 Å². The number of nitrogens with one attached hydrogen (secondary N) is 1. The average Bonchev–Trinajstić information content (AvgIpc) is 3.56. The number of rotatable bonds is 9. The highest BCUT2D eigenvalue weighted by molar-refractivity contribution is 5.95. The molecule has 0 aliphatic heterocycles. The molecule has 4 fully saturated rings. The van der Waals surface area contributed by atoms with Gasteiger partial charge in [0.25, 0.3) is 0 Å². The average molecular weight is 612 g/mol. The van der Waals surface area contributed by atoms with Gasteiger partial charge in [-0.1, -0.05) is 12.1 Å². The first kappa shape index (κ1) is 31.3. The van der Waals surface area contributed by atoms with Crippen LogP contribution in [0, 0.1) is 18.3 Å². The monoisotopic (exact) mass is 611 g/mol. The van der Waals surface area contributed by atoms with E-state index in [-0.39, 0.29) is 40.6 Å². The number of benzene rings is 1. The number of carbonyl (C=O) groups is 2. The fraction of sp³-hybridized carbons (Fsp3) is 0.568. The van der Waals surface area contributed by atoms with Crippen molar-refractivity contribution in [2.45, 2.75) is 109 Å². The zero-order valence-corrected chi connectivity index (χ0v) is 27.6. The summed E-state index contributed by atoms with van der Waals surface area (Å²) in [6, 6.07) is 11.3. The molecule has 2 amide bonds. The van der Waals surface area contributed by atoms with Crippen molar-refractivity contribution in [1.29, 1.82) is 0 Å². The Morgan fingerprint density at radius 3 is 2.33 bits per heavy atom. The normalized spacial score (nSPS) is 26.1. The second-order valence-corrected chi connectivity index (χ2v) is 14.3. The standard InChI is InChI=1S/C37H49N5O3/c1-25(2)42-23-30(22-39-42)29-12-19-38-34(21-29)41(35(44)28-6-9-32(10-7-28)40-27(4)43)24-36-13-16-37(17-14-36,18-15-36)31-8-11-33(45-5)26(3)20-31/h8,11-12,19-23,25,28,32H,6-7,9-10,13-18,24H2,1-5H3,(H,40,43)/t28-,32-,36?,37?. The minimum atomic E-state index is -0.0610. The van der Waals surface area contributed by atoms with Crippen LogP contribution in [-0.2, 0) is 15.0 Å². The van der Waals surface area contributed by atoms with Gasteiger partial charge in [0.2, 0.25) is 11.8 Å². The number of methoxy groups -OCH3 is 1. The van der Waals surface area contributed by atoms with E-state index in [0.717, 1.165) is 86.9 Å². The maximum Gasteiger partial charge on any atom is 0.231 e. The van der Waals surface area contributed by atoms with E-state index >= 15 is 0 Å². The third-order valence-corrected chi connectivity index (χ3v) is 11.1. The Morgan fingerprint density at radius 1 is 1.02 bits per heavy atom. The van der Waals surface area contributed by atoms with Crippen molar-refractivity contribution in [1.82, 2.24) is 20.1 Å². The Kier molecular flexibility index (Phi) is 8.77. The van der Waals surface area contributed by atoms with Gasteiger partial charge < -0.3 is 10.1 Å². The molecule has 4 aliphatic carbocycles. The Balaban J connectivity index is 1.25. The smallest absolute Gasteiger partial charge is 0.231 e. The maximum absolute atomic E-state index is 14.5. The molecule has 1 N–H and O–H groups in total. The first-order valence-corrected chi connectivity index (χ1v) is 16.8. The van der Waals surface area contributed by atoms with Gasteiger partial charge in [0, 0.05) is 49.4 Å². The first-order chi connectivity index (χ1) is 21.6. The lowest BCUT2D eigenvalue weighted by atomic mass is 9.51. The van der Waals surface area contributed by atoms with Crippen molar-refractivity contribution in [3.05, 3.63) is 60.0 Å². The van der Waals surface area contributed by atoms with Crippen LogP contribution >= 0.6 is 0 Å². The quantitative estimate of drug-likeness (QED) is 0.277. The molecule has 45 heavy (non-hydrogen) atoms. The third-order valence-electron chi connectivity index (χ3n) is 11.1. The fourth-order valence-electron chi connectivity index (χ4n) is 8.26. The predicted molar refractivity (Wildman–Crippen MR) is 177 cm³/mol. The minimum Gasteiger partial charge on any atom is -0.496 e. The molecule has 4 saturated carbocycles. The molecular formula is C37H49N5O3. The molecule has 0 atom stereocenters. The molecule has 8 heteroatoms. The zero-order valence-electron chi connectivity index (χ0n) is 27.6. The van der Waals surface area contributed by atoms with Gasteiger partial charge in [-0.3, -0.25) is 19.2 Å². The van der Waals surface area contributed by atoms with Crippen molar-refractivity contribution in [3.63, 3.8) is 0 Å². The Labute approximate surface area is 267 Å². The summed E-state index contributed by atoms with van der Waals surface area (Å²) < 4.78 is 7.51. The third kappa shape index (κ3) is 6.38. The van der Waals surface area contributed by atoms with Crippen LogP contribution in [0.1, 0.15) is 102 Å². The Morgan fingerprint density at radius 2 is 1.73 bits per heavy atom. The lowest BCUT2D eigenvalue weighted by molar-refractivity contribution is -0.124. The summed E-state index contributed by atoms with van der Waals surface area (Å²) in [6.07, 6.45) is 15.8. The van der Waals surface area contributed by atoms with Crippen LogP contribution in [0.25, 0.3) is 11.1 Å². The van der Waals surface area contributed by atoms with Crippen LogP contribution in [0.2, 0.25) is 0 Å². The number of anilines is 1. The van der Waals surface area contributed by atoms with Crippen molar-refractivity contribution >= 4 is 17.6 Å². The molecule has 2 heterocycles. The van der Waals surface area contributed by atoms with E-state index in [9.17, 15) is 9.59 Å². The number of aromatic nitrogens is 3. The number of nitrogens with zero attached hydrogens (tertiary/aromatic N) is 4. The molecule has 240 valence electrons. The maximum atomic E-state index is 14.5. The molecule has 0 unspecified atom stereocenters. The number of hydrogen-bond acceptors (Lipinski definition) is 5. The number of ether oxygens (including phenoxy) is 1. The Hall–Kier alpha value is -3.68. The van der Waals surface area contributed by atoms with Crippen LogP contribution in [0.5, 0.6) is 5.75 Å². The summed E-state index contributed by atoms with van der Waals surface area (Å²) in [5.74, 6) is 1.81. The van der Waals surface area contributed by atoms with Gasteiger partial charge in [0.1, 0.15) is 11.6 Å². The van der Waals surface area contributed by atoms with Gasteiger partial charge in [-0.2, -0.15) is 5.10 Å². The van der Waals surface area contributed by atoms with E-state index in [4.69, 9.17) is 9.72 Å². The van der Waals surface area contributed by atoms with Crippen molar-refractivity contribution in [2.75, 3.05) is 18.6 Å². The minimum absolute atomic E-state index is 0.00257. The van der Waals surface area contributed by atoms with Crippen LogP contribution in [0.4, 0.5) is 5.82 Å². The summed E-state index contributed by atoms with van der Waals surface area (Å²) in [5.41, 5.74) is 4.99. The molecule has 0 radical (unpaired) electrons. The molecular weight excluding hydrogens is 562 g/mol. The summed E-state index contributed by atoms with van der Waals surface area (Å²) in [4.78, 5) is 33.0. The lowest BCUT2D eigenvalue weighted by Crippen LogP contribution is -2.52. The molecule has 1 aromatic carbocycles. The number of aryl methyl sites for hydroxylation is 1. The van der Waals surface area contributed by atoms with Gasteiger partial charge >= 0.3 is 0 Å². The highest BCUT2D eigenvalue weighted by Gasteiger charge is 2.50. The van der Waals surface area contributed by atoms with Crippen LogP contribution in [0.3, 0.4) is 0 Å². The van der Waals surface area contributed by atoms with E-state index < -0.39 is 0 Å². The molecule has 0 spiro atoms. The summed E-state index contributed by atoms with van der Waals surface area (Å²) in [5, 5.41) is 7.61. The molecule has 0 saturated heterocycles. The molecule has 2 aromatic heterocycles. The van der Waals surface area contributed by atoms with E-state index in [2.05, 4.69) is 61.6 Å². The summed E-state index contributed by atoms with van der Waals surface area (Å²) in [6.45, 7) is 8.65. The van der Waals surface area contributed by atoms with E-state index in [1.165, 1.54) is 11.1 Å². The lowest BCUT2D eigenvalue weighted by Gasteiger charge is -2.55. The Bertz CT molecular complexity index is 1510. The van der Waals surface area contributed by atoms with Gasteiger partial charge in [0.05, 0.1) is 13.3 Å². The molecule has 8 nitrogen and oxygen atoms in total. The van der Waals surface area contributed by atoms with Gasteiger partial charge in [-0.15, -0.1) is 0 Å². The van der Waals surface area contributed by atoms with Crippen molar-refractivity contribution in [2.24, 2.45) is 11.3 Å². The van der Waals surface area contributed by atoms with E-state index in [0.29, 0.717) is 6.54 Å². The largest absolute Gasteiger partial charge is 0.496 e. The molecule has 2 bridgehead atoms. The molecule has 4 aliphatic rings. The van der Waals surface area contributed by atoms with Crippen molar-refractivity contribution < 1.29 is 14.3 Å². The summed E-state index contributed by atoms with van der Waals surface area (Å²) >= 11 is 0.